The SMILES string of the molecule is CCC(C)C1C(=O)N[C@H](C)[C@H](NC(=O)c2ccccc2O)C(=O)N[C@@H](Cc2cccnc2)[C@@H](O)[C@@H](C)C(=O)N1C.CCC(C)C1NC(=O)[C@H](C)[C@H](O)[C@H](Cc2cccnc2)NC(=O)[C@@H](NC(=O)c2ccccc2O)[C@@H](C)NC1=O.CCC(C)C1OC(=O)[C@H](C)[C@H](O)[C@H](Cc2cccnc2)NC(=O)[C@@H](NC(=O)c2ccccc2O)[C@@H](C)NC1=O. The van der Waals surface area contributed by atoms with Crippen LogP contribution in [0.25, 0.3) is 0 Å². The van der Waals surface area contributed by atoms with Gasteiger partial charge in [-0.2, -0.15) is 0 Å². The number of amides is 11. The van der Waals surface area contributed by atoms with Crippen molar-refractivity contribution in [1.82, 2.24) is 73.0 Å². The fourth-order valence-corrected chi connectivity index (χ4v) is 13.8. The standard InChI is InChI=1S/C29H39N5O6.C28H37N5O6.C28H36N4O7/c1-6-16(2)24-28(39)31-18(4)23(33-26(37)20-11-7-8-12-22(20)35)27(38)32-21(14-19-10-9-13-30-15-19)25(36)17(3)29(40)34(24)5;1-5-15(2)22-27(38)30-17(4)23(33-26(37)19-10-6-7-11-21(19)34)28(39)31-20(13-18-9-8-12-29-14-18)24(35)16(3)25(36)32-22;1-5-15(2)24-27(37)30-17(4)22(32-25(35)19-10-6-7-11-21(19)33)26(36)31-20(13-18-9-8-12-29-14-18)23(34)16(3)28(38)39-24/h7-13,15-18,21,23-25,35-36H,6,14H2,1-5H3,(H,31,39)(H,32,38)(H,33,37);6-12,14-17,20,22-24,34-35H,5,13H2,1-4H3,(H,30,38)(H,31,39)(H,32,36)(H,33,37);6-12,14-17,20,22-24,33-34H,5,13H2,1-4H3,(H,30,37)(H,31,36)(H,32,35)/t16?,17-,18-,21+,23+,24?,25+;15?,16-,17-,20+,22?,23+,24+;15?,16-,17-,20+,22+,23+,24?/m111/s1. The number of rotatable bonds is 18. The minimum Gasteiger partial charge on any atom is -0.507 e. The number of phenolic OH excluding ortho intramolecular Hbond substituents is 3. The quantitative estimate of drug-likeness (QED) is 0.0550. The Bertz CT molecular complexity index is 4250. The lowest BCUT2D eigenvalue weighted by molar-refractivity contribution is -0.167. The van der Waals surface area contributed by atoms with Crippen LogP contribution >= 0.6 is 0 Å². The molecule has 9 rings (SSSR count). The molecule has 6 heterocycles. The topological polar surface area (TPSA) is 498 Å². The Morgan fingerprint density at radius 3 is 1.10 bits per heavy atom. The zero-order chi connectivity index (χ0) is 86.9. The molecule has 0 bridgehead atoms. The highest BCUT2D eigenvalue weighted by Crippen LogP contribution is 2.27. The van der Waals surface area contributed by atoms with Crippen LogP contribution in [0.4, 0.5) is 0 Å². The van der Waals surface area contributed by atoms with Gasteiger partial charge in [0.2, 0.25) is 41.4 Å². The number of para-hydroxylation sites is 3. The Morgan fingerprint density at radius 2 is 0.754 bits per heavy atom. The van der Waals surface area contributed by atoms with Crippen molar-refractivity contribution in [1.29, 1.82) is 0 Å². The van der Waals surface area contributed by atoms with E-state index in [-0.39, 0.29) is 71.0 Å². The van der Waals surface area contributed by atoms with Gasteiger partial charge in [0.1, 0.15) is 47.5 Å². The fourth-order valence-electron chi connectivity index (χ4n) is 13.8. The fraction of sp³-hybridized carbons (Fsp3) is 0.471. The minimum absolute atomic E-state index is 0.0386. The van der Waals surface area contributed by atoms with Crippen molar-refractivity contribution in [3.05, 3.63) is 180 Å². The molecular formula is C85H112N14O19. The van der Waals surface area contributed by atoms with Gasteiger partial charge in [0, 0.05) is 50.1 Å². The van der Waals surface area contributed by atoms with E-state index in [2.05, 4.69) is 68.1 Å². The number of aromatic nitrogens is 3. The van der Waals surface area contributed by atoms with Crippen LogP contribution in [0.1, 0.15) is 150 Å². The van der Waals surface area contributed by atoms with Crippen LogP contribution in [-0.4, -0.2) is 219 Å². The first kappa shape index (κ1) is 93.2. The maximum Gasteiger partial charge on any atom is 0.312 e. The molecule has 0 saturated carbocycles. The first-order valence-corrected chi connectivity index (χ1v) is 39.6. The summed E-state index contributed by atoms with van der Waals surface area (Å²) in [6.07, 6.45) is 6.54. The van der Waals surface area contributed by atoms with Gasteiger partial charge < -0.3 is 93.4 Å². The molecule has 3 aliphatic heterocycles. The van der Waals surface area contributed by atoms with Crippen molar-refractivity contribution in [2.75, 3.05) is 7.05 Å². The van der Waals surface area contributed by atoms with E-state index < -0.39 is 180 Å². The second-order valence-electron chi connectivity index (χ2n) is 30.6. The molecule has 3 aromatic carbocycles. The Balaban J connectivity index is 0.000000244. The van der Waals surface area contributed by atoms with Crippen LogP contribution in [0.15, 0.2) is 146 Å². The van der Waals surface area contributed by atoms with Crippen LogP contribution in [0.5, 0.6) is 17.2 Å². The van der Waals surface area contributed by atoms with E-state index in [0.717, 1.165) is 11.1 Å². The molecule has 636 valence electrons. The molecular weight excluding hydrogens is 1520 g/mol. The number of likely N-dealkylation sites (N-methyl/N-ethyl adjacent to an activating group) is 1. The number of aromatic hydroxyl groups is 3. The Kier molecular flexibility index (Phi) is 34.6. The largest absolute Gasteiger partial charge is 0.507 e. The molecule has 3 aliphatic rings. The number of aliphatic hydroxyl groups excluding tert-OH is 3. The summed E-state index contributed by atoms with van der Waals surface area (Å²) in [5, 5.41) is 91.5. The third-order valence-corrected chi connectivity index (χ3v) is 21.9. The molecule has 0 aliphatic carbocycles. The van der Waals surface area contributed by atoms with E-state index >= 15 is 0 Å². The number of nitrogens with zero attached hydrogens (tertiary/aromatic N) is 4. The molecule has 3 saturated heterocycles. The Morgan fingerprint density at radius 1 is 0.415 bits per heavy atom. The number of esters is 1. The number of phenols is 3. The van der Waals surface area contributed by atoms with E-state index in [9.17, 15) is 88.2 Å². The summed E-state index contributed by atoms with van der Waals surface area (Å²) in [6, 6.07) is 16.9. The first-order chi connectivity index (χ1) is 56.0. The van der Waals surface area contributed by atoms with Crippen LogP contribution in [0.3, 0.4) is 0 Å². The second-order valence-corrected chi connectivity index (χ2v) is 30.6. The molecule has 3 fully saturated rings. The van der Waals surface area contributed by atoms with E-state index in [4.69, 9.17) is 4.74 Å². The number of hydrogen-bond donors (Lipinski definition) is 16. The van der Waals surface area contributed by atoms with Crippen molar-refractivity contribution < 1.29 is 92.9 Å². The Hall–Kier alpha value is -12.0. The van der Waals surface area contributed by atoms with Gasteiger partial charge in [0.05, 0.1) is 89.0 Å². The number of carbonyl (C=O) groups is 12. The molecule has 33 heteroatoms. The second kappa shape index (κ2) is 43.8. The van der Waals surface area contributed by atoms with Gasteiger partial charge in [-0.15, -0.1) is 0 Å². The van der Waals surface area contributed by atoms with Gasteiger partial charge >= 0.3 is 5.97 Å². The molecule has 33 nitrogen and oxygen atoms in total. The van der Waals surface area contributed by atoms with Crippen LogP contribution in [-0.2, 0) is 67.2 Å². The summed E-state index contributed by atoms with van der Waals surface area (Å²) in [5.74, 6) is -12.2. The summed E-state index contributed by atoms with van der Waals surface area (Å²) in [5.41, 5.74) is 2.00. The van der Waals surface area contributed by atoms with Gasteiger partial charge in [-0.25, -0.2) is 0 Å². The summed E-state index contributed by atoms with van der Waals surface area (Å²) < 4.78 is 5.59. The highest BCUT2D eigenvalue weighted by atomic mass is 16.6. The third-order valence-electron chi connectivity index (χ3n) is 21.9. The van der Waals surface area contributed by atoms with Gasteiger partial charge in [-0.3, -0.25) is 72.5 Å². The van der Waals surface area contributed by atoms with Gasteiger partial charge in [0.25, 0.3) is 23.6 Å². The average Bonchev–Trinajstić information content (AvgIpc) is 0.813. The highest BCUT2D eigenvalue weighted by Gasteiger charge is 2.45. The zero-order valence-corrected chi connectivity index (χ0v) is 68.5. The maximum absolute atomic E-state index is 13.7. The number of ether oxygens (including phenoxy) is 1. The van der Waals surface area contributed by atoms with E-state index in [1.807, 2.05) is 34.6 Å². The number of benzene rings is 3. The van der Waals surface area contributed by atoms with E-state index in [0.29, 0.717) is 24.8 Å². The molecule has 11 amide bonds. The minimum atomic E-state index is -1.38. The van der Waals surface area contributed by atoms with Crippen molar-refractivity contribution in [2.45, 2.75) is 212 Å². The van der Waals surface area contributed by atoms with Gasteiger partial charge in [-0.05, 0) is 137 Å². The molecule has 0 spiro atoms. The van der Waals surface area contributed by atoms with E-state index in [1.54, 1.807) is 138 Å². The summed E-state index contributed by atoms with van der Waals surface area (Å²) in [4.78, 5) is 173. The average molecular weight is 1630 g/mol. The summed E-state index contributed by atoms with van der Waals surface area (Å²) >= 11 is 0. The number of carbonyl (C=O) groups excluding carboxylic acids is 12. The molecule has 6 unspecified atom stereocenters. The first-order valence-electron chi connectivity index (χ1n) is 39.6. The zero-order valence-electron chi connectivity index (χ0n) is 68.5. The third kappa shape index (κ3) is 24.8. The van der Waals surface area contributed by atoms with Crippen molar-refractivity contribution in [3.8, 4) is 17.2 Å². The lowest BCUT2D eigenvalue weighted by atomic mass is 9.89. The van der Waals surface area contributed by atoms with Crippen molar-refractivity contribution in [3.63, 3.8) is 0 Å². The van der Waals surface area contributed by atoms with Crippen LogP contribution < -0.4 is 53.2 Å². The van der Waals surface area contributed by atoms with Gasteiger partial charge in [0.15, 0.2) is 6.10 Å². The van der Waals surface area contributed by atoms with Gasteiger partial charge in [-0.1, -0.05) is 123 Å². The molecule has 3 aromatic heterocycles. The summed E-state index contributed by atoms with van der Waals surface area (Å²) in [7, 11) is 1.53. The Labute approximate surface area is 685 Å². The normalized spacial score (nSPS) is 27.1. The highest BCUT2D eigenvalue weighted by molar-refractivity contribution is 6.02. The number of nitrogens with one attached hydrogen (secondary N) is 10. The van der Waals surface area contributed by atoms with Crippen molar-refractivity contribution >= 4 is 70.9 Å². The number of aliphatic hydroxyl groups is 3. The maximum atomic E-state index is 13.7. The monoisotopic (exact) mass is 1630 g/mol. The number of hydrogen-bond acceptors (Lipinski definition) is 22. The lowest BCUT2D eigenvalue weighted by Gasteiger charge is -2.38. The molecule has 16 N–H and O–H groups in total. The lowest BCUT2D eigenvalue weighted by Crippen LogP contribution is -2.64. The molecule has 118 heavy (non-hydrogen) atoms. The van der Waals surface area contributed by atoms with E-state index in [1.165, 1.54) is 69.1 Å². The number of cyclic esters (lactones) is 1. The predicted octanol–water partition coefficient (Wildman–Crippen LogP) is 2.75. The van der Waals surface area contributed by atoms with Crippen LogP contribution in [0, 0.1) is 35.5 Å². The number of pyridine rings is 3. The summed E-state index contributed by atoms with van der Waals surface area (Å²) in [6.45, 7) is 20.3. The van der Waals surface area contributed by atoms with Crippen LogP contribution in [0.2, 0.25) is 0 Å². The molecule has 0 radical (unpaired) electrons. The predicted molar refractivity (Wildman–Crippen MR) is 433 cm³/mol. The van der Waals surface area contributed by atoms with Crippen molar-refractivity contribution in [2.24, 2.45) is 35.5 Å². The molecule has 6 aromatic rings. The molecule has 21 atom stereocenters. The smallest absolute Gasteiger partial charge is 0.312 e.